The van der Waals surface area contributed by atoms with Crippen molar-refractivity contribution in [2.75, 3.05) is 25.5 Å². The van der Waals surface area contributed by atoms with Gasteiger partial charge in [-0.15, -0.1) is 0 Å². The molecule has 1 amide bonds. The number of ether oxygens (including phenoxy) is 1. The van der Waals surface area contributed by atoms with Crippen LogP contribution in [0.15, 0.2) is 48.7 Å². The summed E-state index contributed by atoms with van der Waals surface area (Å²) in [4.78, 5) is 18.0. The molecule has 180 valence electrons. The Hall–Kier alpha value is -3.13. The van der Waals surface area contributed by atoms with Gasteiger partial charge in [0.25, 0.3) is 6.43 Å². The molecule has 1 atom stereocenters. The number of methoxy groups -OCH3 is 1. The molecule has 2 aromatic carbocycles. The molecule has 1 fully saturated rings. The van der Waals surface area contributed by atoms with Gasteiger partial charge in [0.15, 0.2) is 0 Å². The molecule has 1 aliphatic rings. The molecule has 34 heavy (non-hydrogen) atoms. The fraction of sp³-hybridized carbons (Fsp3) is 0.385. The zero-order chi connectivity index (χ0) is 24.5. The maximum Gasteiger partial charge on any atom is 0.266 e. The molecule has 0 radical (unpaired) electrons. The van der Waals surface area contributed by atoms with Crippen molar-refractivity contribution in [1.29, 1.82) is 0 Å². The Morgan fingerprint density at radius 1 is 1.15 bits per heavy atom. The number of amides is 1. The Morgan fingerprint density at radius 2 is 1.85 bits per heavy atom. The fourth-order valence-electron chi connectivity index (χ4n) is 4.73. The highest BCUT2D eigenvalue weighted by atomic mass is 19.3. The van der Waals surface area contributed by atoms with E-state index in [9.17, 15) is 18.0 Å². The van der Waals surface area contributed by atoms with Crippen LogP contribution in [0.25, 0.3) is 10.9 Å². The van der Waals surface area contributed by atoms with E-state index in [1.165, 1.54) is 12.1 Å². The predicted octanol–water partition coefficient (Wildman–Crippen LogP) is 5.97. The molecule has 0 aliphatic carbocycles. The van der Waals surface area contributed by atoms with E-state index in [4.69, 9.17) is 4.74 Å². The van der Waals surface area contributed by atoms with E-state index >= 15 is 0 Å². The minimum absolute atomic E-state index is 0.0519. The summed E-state index contributed by atoms with van der Waals surface area (Å²) >= 11 is 0. The highest BCUT2D eigenvalue weighted by molar-refractivity contribution is 5.91. The number of piperidine rings is 1. The van der Waals surface area contributed by atoms with Crippen LogP contribution in [0.4, 0.5) is 18.9 Å². The Kier molecular flexibility index (Phi) is 6.79. The normalized spacial score (nSPS) is 16.6. The van der Waals surface area contributed by atoms with Crippen molar-refractivity contribution in [3.8, 4) is 0 Å². The highest BCUT2D eigenvalue weighted by Gasteiger charge is 2.37. The number of nitrogens with zero attached hydrogens (tertiary/aromatic N) is 2. The van der Waals surface area contributed by atoms with Crippen molar-refractivity contribution in [3.63, 3.8) is 0 Å². The molecule has 0 unspecified atom stereocenters. The molecule has 1 N–H and O–H groups in total. The van der Waals surface area contributed by atoms with E-state index in [-0.39, 0.29) is 11.5 Å². The number of likely N-dealkylation sites (tertiary alicyclic amines) is 1. The summed E-state index contributed by atoms with van der Waals surface area (Å²) in [7, 11) is 1.68. The molecular weight excluding hydrogens is 443 g/mol. The van der Waals surface area contributed by atoms with Gasteiger partial charge in [-0.25, -0.2) is 13.2 Å². The van der Waals surface area contributed by atoms with Crippen LogP contribution in [-0.4, -0.2) is 36.0 Å². The van der Waals surface area contributed by atoms with Crippen LogP contribution in [-0.2, 0) is 15.1 Å². The molecule has 5 nitrogen and oxygen atoms in total. The van der Waals surface area contributed by atoms with Crippen LogP contribution in [0.1, 0.15) is 55.8 Å². The molecular formula is C26H28F3N3O2. The van der Waals surface area contributed by atoms with E-state index in [1.807, 2.05) is 23.1 Å². The molecule has 4 rings (SSSR count). The van der Waals surface area contributed by atoms with Gasteiger partial charge in [-0.2, -0.15) is 0 Å². The van der Waals surface area contributed by atoms with Crippen molar-refractivity contribution < 1.29 is 22.7 Å². The Bertz CT molecular complexity index is 1190. The zero-order valence-corrected chi connectivity index (χ0v) is 19.4. The number of carbonyl (C=O) groups excluding carboxylic acids is 1. The smallest absolute Gasteiger partial charge is 0.266 e. The van der Waals surface area contributed by atoms with Gasteiger partial charge < -0.3 is 15.0 Å². The van der Waals surface area contributed by atoms with Gasteiger partial charge >= 0.3 is 0 Å². The van der Waals surface area contributed by atoms with Crippen LogP contribution in [0.5, 0.6) is 0 Å². The lowest BCUT2D eigenvalue weighted by Crippen LogP contribution is -2.45. The first-order valence-electron chi connectivity index (χ1n) is 11.3. The Morgan fingerprint density at radius 3 is 2.50 bits per heavy atom. The third-order valence-electron chi connectivity index (χ3n) is 6.81. The van der Waals surface area contributed by atoms with Gasteiger partial charge in [-0.05, 0) is 43.5 Å². The molecule has 1 aromatic heterocycles. The highest BCUT2D eigenvalue weighted by Crippen LogP contribution is 2.39. The largest absolute Gasteiger partial charge is 0.378 e. The van der Waals surface area contributed by atoms with E-state index in [2.05, 4.69) is 10.3 Å². The second-order valence-corrected chi connectivity index (χ2v) is 8.71. The first-order valence-corrected chi connectivity index (χ1v) is 11.3. The molecule has 2 heterocycles. The van der Waals surface area contributed by atoms with Crippen molar-refractivity contribution >= 4 is 22.5 Å². The second kappa shape index (κ2) is 9.62. The van der Waals surface area contributed by atoms with Gasteiger partial charge in [0.1, 0.15) is 5.82 Å². The standard InChI is InChI=1S/C26H28F3N3O2/c1-16(19-5-4-6-20(24(19)27)25(28)29)31-23-9-12-30-22-8-7-18(15-21(22)23)26(34-3)10-13-32(14-11-26)17(2)33/h4-9,12,15-16,25H,10-11,13-14H2,1-3H3,(H,30,31)/t16-/m1/s1. The molecule has 8 heteroatoms. The van der Waals surface area contributed by atoms with Crippen molar-refractivity contribution in [2.24, 2.45) is 0 Å². The number of benzene rings is 2. The first kappa shape index (κ1) is 24.0. The summed E-state index contributed by atoms with van der Waals surface area (Å²) in [5.41, 5.74) is 1.47. The number of halogens is 3. The van der Waals surface area contributed by atoms with Crippen molar-refractivity contribution in [3.05, 3.63) is 71.2 Å². The van der Waals surface area contributed by atoms with Gasteiger partial charge in [-0.1, -0.05) is 24.3 Å². The SMILES string of the molecule is COC1(c2ccc3nccc(N[C@H](C)c4cccc(C(F)F)c4F)c3c2)CCN(C(C)=O)CC1. The number of fused-ring (bicyclic) bond motifs is 1. The summed E-state index contributed by atoms with van der Waals surface area (Å²) < 4.78 is 47.0. The zero-order valence-electron chi connectivity index (χ0n) is 19.4. The summed E-state index contributed by atoms with van der Waals surface area (Å²) in [5, 5.41) is 4.09. The quantitative estimate of drug-likeness (QED) is 0.481. The molecule has 3 aromatic rings. The molecule has 0 spiro atoms. The number of anilines is 1. The van der Waals surface area contributed by atoms with Gasteiger partial charge in [-0.3, -0.25) is 9.78 Å². The monoisotopic (exact) mass is 471 g/mol. The van der Waals surface area contributed by atoms with Crippen LogP contribution in [0.2, 0.25) is 0 Å². The topological polar surface area (TPSA) is 54.5 Å². The number of alkyl halides is 2. The fourth-order valence-corrected chi connectivity index (χ4v) is 4.73. The minimum Gasteiger partial charge on any atom is -0.378 e. The van der Waals surface area contributed by atoms with E-state index in [1.54, 1.807) is 33.2 Å². The second-order valence-electron chi connectivity index (χ2n) is 8.71. The third-order valence-corrected chi connectivity index (χ3v) is 6.81. The number of nitrogens with one attached hydrogen (secondary N) is 1. The average molecular weight is 472 g/mol. The van der Waals surface area contributed by atoms with Crippen molar-refractivity contribution in [2.45, 2.75) is 44.8 Å². The van der Waals surface area contributed by atoms with Gasteiger partial charge in [0.05, 0.1) is 22.7 Å². The maximum atomic E-state index is 14.7. The molecule has 1 saturated heterocycles. The van der Waals surface area contributed by atoms with E-state index in [0.717, 1.165) is 22.5 Å². The molecule has 0 saturated carbocycles. The maximum absolute atomic E-state index is 14.7. The molecule has 1 aliphatic heterocycles. The number of rotatable bonds is 6. The lowest BCUT2D eigenvalue weighted by molar-refractivity contribution is -0.135. The van der Waals surface area contributed by atoms with E-state index < -0.39 is 29.4 Å². The number of carbonyl (C=O) groups is 1. The van der Waals surface area contributed by atoms with Crippen LogP contribution >= 0.6 is 0 Å². The summed E-state index contributed by atoms with van der Waals surface area (Å²) in [6.45, 7) is 4.52. The molecule has 0 bridgehead atoms. The van der Waals surface area contributed by atoms with Gasteiger partial charge in [0, 0.05) is 50.0 Å². The van der Waals surface area contributed by atoms with Crippen LogP contribution in [0.3, 0.4) is 0 Å². The number of hydrogen-bond acceptors (Lipinski definition) is 4. The van der Waals surface area contributed by atoms with Crippen LogP contribution < -0.4 is 5.32 Å². The number of hydrogen-bond donors (Lipinski definition) is 1. The van der Waals surface area contributed by atoms with Gasteiger partial charge in [0.2, 0.25) is 5.91 Å². The Labute approximate surface area is 196 Å². The third kappa shape index (κ3) is 4.46. The van der Waals surface area contributed by atoms with Crippen molar-refractivity contribution in [1.82, 2.24) is 9.88 Å². The summed E-state index contributed by atoms with van der Waals surface area (Å²) in [5.74, 6) is -0.844. The Balaban J connectivity index is 1.67. The minimum atomic E-state index is -2.88. The summed E-state index contributed by atoms with van der Waals surface area (Å²) in [6, 6.07) is 11.2. The van der Waals surface area contributed by atoms with E-state index in [0.29, 0.717) is 31.6 Å². The number of pyridine rings is 1. The number of aromatic nitrogens is 1. The predicted molar refractivity (Wildman–Crippen MR) is 125 cm³/mol. The lowest BCUT2D eigenvalue weighted by atomic mass is 9.83. The lowest BCUT2D eigenvalue weighted by Gasteiger charge is -2.41. The summed E-state index contributed by atoms with van der Waals surface area (Å²) in [6.07, 6.45) is 0.107. The average Bonchev–Trinajstić information content (AvgIpc) is 2.83. The first-order chi connectivity index (χ1) is 16.3. The van der Waals surface area contributed by atoms with Crippen LogP contribution in [0, 0.1) is 5.82 Å².